The molecule has 170 valence electrons. The predicted molar refractivity (Wildman–Crippen MR) is 133 cm³/mol. The minimum absolute atomic E-state index is 0.138. The van der Waals surface area contributed by atoms with Crippen molar-refractivity contribution >= 4 is 29.0 Å². The lowest BCUT2D eigenvalue weighted by molar-refractivity contribution is 0.0600. The first kappa shape index (κ1) is 21.7. The van der Waals surface area contributed by atoms with Gasteiger partial charge in [0.05, 0.1) is 30.1 Å². The molecular weight excluding hydrogens is 448 g/mol. The number of anilines is 1. The van der Waals surface area contributed by atoms with Gasteiger partial charge in [0.2, 0.25) is 0 Å². The molecule has 1 aliphatic heterocycles. The molecule has 0 amide bonds. The van der Waals surface area contributed by atoms with E-state index in [-0.39, 0.29) is 23.8 Å². The molecule has 1 fully saturated rings. The highest BCUT2D eigenvalue weighted by atomic mass is 32.1. The maximum Gasteiger partial charge on any atom is 0.337 e. The van der Waals surface area contributed by atoms with E-state index in [9.17, 15) is 9.90 Å². The summed E-state index contributed by atoms with van der Waals surface area (Å²) in [7, 11) is 1.36. The minimum Gasteiger partial charge on any atom is -0.506 e. The van der Waals surface area contributed by atoms with Crippen LogP contribution in [-0.4, -0.2) is 32.8 Å². The highest BCUT2D eigenvalue weighted by Gasteiger charge is 2.42. The summed E-state index contributed by atoms with van der Waals surface area (Å²) in [6.45, 7) is 0. The van der Waals surface area contributed by atoms with Crippen molar-refractivity contribution in [1.82, 2.24) is 14.9 Å². The Bertz CT molecular complexity index is 1340. The first-order valence-corrected chi connectivity index (χ1v) is 11.1. The van der Waals surface area contributed by atoms with Crippen LogP contribution in [-0.2, 0) is 4.74 Å². The van der Waals surface area contributed by atoms with Gasteiger partial charge in [-0.3, -0.25) is 4.98 Å². The summed E-state index contributed by atoms with van der Waals surface area (Å²) in [6.07, 6.45) is 3.71. The fraction of sp³-hybridized carbons (Fsp3) is 0.115. The lowest BCUT2D eigenvalue weighted by atomic mass is 10.0. The molecule has 2 N–H and O–H groups in total. The molecule has 2 aromatic heterocycles. The Morgan fingerprint density at radius 1 is 1.03 bits per heavy atom. The van der Waals surface area contributed by atoms with Gasteiger partial charge in [-0.05, 0) is 72.9 Å². The Labute approximate surface area is 202 Å². The number of aromatic nitrogens is 2. The average Bonchev–Trinajstić information content (AvgIpc) is 3.49. The molecule has 1 saturated heterocycles. The molecule has 0 aliphatic carbocycles. The number of para-hydroxylation sites is 2. The third-order valence-electron chi connectivity index (χ3n) is 5.89. The van der Waals surface area contributed by atoms with Gasteiger partial charge in [0.15, 0.2) is 5.11 Å². The van der Waals surface area contributed by atoms with Gasteiger partial charge < -0.3 is 24.6 Å². The first-order chi connectivity index (χ1) is 16.6. The highest BCUT2D eigenvalue weighted by molar-refractivity contribution is 7.80. The molecule has 0 spiro atoms. The van der Waals surface area contributed by atoms with Gasteiger partial charge >= 0.3 is 5.97 Å². The molecular formula is C26H22N4O3S. The molecule has 5 rings (SSSR count). The Kier molecular flexibility index (Phi) is 5.73. The van der Waals surface area contributed by atoms with Gasteiger partial charge in [0, 0.05) is 23.8 Å². The molecule has 0 unspecified atom stereocenters. The Morgan fingerprint density at radius 2 is 1.79 bits per heavy atom. The summed E-state index contributed by atoms with van der Waals surface area (Å²) in [4.78, 5) is 18.4. The monoisotopic (exact) mass is 470 g/mol. The van der Waals surface area contributed by atoms with Crippen LogP contribution in [0.2, 0.25) is 0 Å². The van der Waals surface area contributed by atoms with E-state index in [4.69, 9.17) is 17.0 Å². The molecule has 1 aliphatic rings. The van der Waals surface area contributed by atoms with Crippen molar-refractivity contribution < 1.29 is 14.6 Å². The Morgan fingerprint density at radius 3 is 2.50 bits per heavy atom. The molecule has 7 nitrogen and oxygen atoms in total. The van der Waals surface area contributed by atoms with E-state index < -0.39 is 0 Å². The number of aromatic hydroxyl groups is 1. The van der Waals surface area contributed by atoms with Crippen molar-refractivity contribution in [2.24, 2.45) is 0 Å². The molecule has 0 saturated carbocycles. The predicted octanol–water partition coefficient (Wildman–Crippen LogP) is 4.54. The van der Waals surface area contributed by atoms with E-state index in [1.165, 1.54) is 7.11 Å². The highest BCUT2D eigenvalue weighted by Crippen LogP contribution is 2.44. The summed E-state index contributed by atoms with van der Waals surface area (Å²) in [5.74, 6) is -0.246. The largest absolute Gasteiger partial charge is 0.506 e. The summed E-state index contributed by atoms with van der Waals surface area (Å²) in [5.41, 5.74) is 3.74. The smallest absolute Gasteiger partial charge is 0.337 e. The van der Waals surface area contributed by atoms with E-state index >= 15 is 0 Å². The van der Waals surface area contributed by atoms with Crippen LogP contribution in [0.15, 0.2) is 91.3 Å². The number of pyridine rings is 1. The quantitative estimate of drug-likeness (QED) is 0.327. The summed E-state index contributed by atoms with van der Waals surface area (Å²) >= 11 is 5.74. The van der Waals surface area contributed by atoms with E-state index in [2.05, 4.69) is 10.3 Å². The SMILES string of the molecule is COC(=O)c1ccc(-n2cccc2[C@@H]2[C@@H](c3ccccn3)NC(=S)N2c2ccccc2O)cc1. The number of carbonyl (C=O) groups excluding carboxylic acids is 1. The fourth-order valence-electron chi connectivity index (χ4n) is 4.33. The lowest BCUT2D eigenvalue weighted by Gasteiger charge is -2.29. The number of phenols is 1. The van der Waals surface area contributed by atoms with Crippen molar-refractivity contribution in [1.29, 1.82) is 0 Å². The van der Waals surface area contributed by atoms with Crippen LogP contribution in [0.5, 0.6) is 5.75 Å². The number of carbonyl (C=O) groups is 1. The van der Waals surface area contributed by atoms with Gasteiger partial charge in [-0.15, -0.1) is 0 Å². The zero-order chi connectivity index (χ0) is 23.7. The number of benzene rings is 2. The van der Waals surface area contributed by atoms with Crippen molar-refractivity contribution in [3.05, 3.63) is 108 Å². The normalized spacial score (nSPS) is 17.4. The molecule has 4 aromatic rings. The van der Waals surface area contributed by atoms with E-state index in [0.29, 0.717) is 16.4 Å². The molecule has 2 atom stereocenters. The number of nitrogens with zero attached hydrogens (tertiary/aromatic N) is 3. The second-order valence-electron chi connectivity index (χ2n) is 7.83. The molecule has 8 heteroatoms. The molecule has 3 heterocycles. The number of hydrogen-bond donors (Lipinski definition) is 2. The van der Waals surface area contributed by atoms with E-state index in [1.807, 2.05) is 70.3 Å². The van der Waals surface area contributed by atoms with Crippen molar-refractivity contribution in [2.75, 3.05) is 12.0 Å². The van der Waals surface area contributed by atoms with Crippen LogP contribution in [0, 0.1) is 0 Å². The number of methoxy groups -OCH3 is 1. The third-order valence-corrected chi connectivity index (χ3v) is 6.20. The lowest BCUT2D eigenvalue weighted by Crippen LogP contribution is -2.30. The maximum absolute atomic E-state index is 11.9. The van der Waals surface area contributed by atoms with Gasteiger partial charge in [0.25, 0.3) is 0 Å². The van der Waals surface area contributed by atoms with Gasteiger partial charge in [-0.2, -0.15) is 0 Å². The van der Waals surface area contributed by atoms with Crippen molar-refractivity contribution in [3.63, 3.8) is 0 Å². The number of phenolic OH excluding ortho intramolecular Hbond substituents is 1. The molecule has 34 heavy (non-hydrogen) atoms. The number of thiocarbonyl (C=S) groups is 1. The van der Waals surface area contributed by atoms with Crippen LogP contribution in [0.4, 0.5) is 5.69 Å². The van der Waals surface area contributed by atoms with E-state index in [1.54, 1.807) is 30.5 Å². The molecule has 2 aromatic carbocycles. The van der Waals surface area contributed by atoms with Crippen LogP contribution in [0.25, 0.3) is 5.69 Å². The van der Waals surface area contributed by atoms with Crippen molar-refractivity contribution in [3.8, 4) is 11.4 Å². The zero-order valence-electron chi connectivity index (χ0n) is 18.3. The second-order valence-corrected chi connectivity index (χ2v) is 8.21. The van der Waals surface area contributed by atoms with Gasteiger partial charge in [-0.1, -0.05) is 18.2 Å². The Hall–Kier alpha value is -4.17. The molecule has 0 radical (unpaired) electrons. The van der Waals surface area contributed by atoms with Crippen molar-refractivity contribution in [2.45, 2.75) is 12.1 Å². The number of nitrogens with one attached hydrogen (secondary N) is 1. The first-order valence-electron chi connectivity index (χ1n) is 10.7. The number of hydrogen-bond acceptors (Lipinski definition) is 5. The average molecular weight is 471 g/mol. The zero-order valence-corrected chi connectivity index (χ0v) is 19.1. The molecule has 0 bridgehead atoms. The van der Waals surface area contributed by atoms with Crippen LogP contribution < -0.4 is 10.2 Å². The fourth-order valence-corrected chi connectivity index (χ4v) is 4.67. The topological polar surface area (TPSA) is 79.6 Å². The van der Waals surface area contributed by atoms with Crippen LogP contribution in [0.3, 0.4) is 0 Å². The van der Waals surface area contributed by atoms with E-state index in [0.717, 1.165) is 17.1 Å². The summed E-state index contributed by atoms with van der Waals surface area (Å²) in [5, 5.41) is 14.6. The second kappa shape index (κ2) is 8.99. The van der Waals surface area contributed by atoms with Gasteiger partial charge in [-0.25, -0.2) is 4.79 Å². The third kappa shape index (κ3) is 3.78. The number of rotatable bonds is 5. The number of esters is 1. The summed E-state index contributed by atoms with van der Waals surface area (Å²) in [6, 6.07) is 23.6. The Balaban J connectivity index is 1.63. The van der Waals surface area contributed by atoms with Crippen LogP contribution in [0.1, 0.15) is 33.8 Å². The van der Waals surface area contributed by atoms with Gasteiger partial charge in [0.1, 0.15) is 11.8 Å². The standard InChI is InChI=1S/C26H22N4O3S/c1-33-25(32)17-11-13-18(14-12-17)29-16-6-9-21(29)24-23(19-7-4-5-15-27-19)28-26(34)30(24)20-8-2-3-10-22(20)31/h2-16,23-24,31H,1H3,(H,28,34)/t23-,24-/m1/s1. The number of ether oxygens (including phenoxy) is 1. The maximum atomic E-state index is 11.9. The summed E-state index contributed by atoms with van der Waals surface area (Å²) < 4.78 is 6.86. The minimum atomic E-state index is -0.384. The van der Waals surface area contributed by atoms with Crippen LogP contribution >= 0.6 is 12.2 Å².